The van der Waals surface area contributed by atoms with E-state index in [-0.39, 0.29) is 11.3 Å². The number of phenols is 1. The molecular formula is C14H22O3. The van der Waals surface area contributed by atoms with E-state index in [0.717, 1.165) is 0 Å². The summed E-state index contributed by atoms with van der Waals surface area (Å²) in [5.41, 5.74) is 0.179. The van der Waals surface area contributed by atoms with Crippen molar-refractivity contribution in [3.05, 3.63) is 29.8 Å². The summed E-state index contributed by atoms with van der Waals surface area (Å²) in [4.78, 5) is 10.2. The van der Waals surface area contributed by atoms with E-state index in [0.29, 0.717) is 0 Å². The fourth-order valence-electron chi connectivity index (χ4n) is 1.28. The molecule has 0 saturated carbocycles. The van der Waals surface area contributed by atoms with Gasteiger partial charge in [-0.1, -0.05) is 46.0 Å². The van der Waals surface area contributed by atoms with E-state index in [9.17, 15) is 4.79 Å². The Balaban J connectivity index is 0.000000325. The summed E-state index contributed by atoms with van der Waals surface area (Å²) in [6.07, 6.45) is 7.01. The van der Waals surface area contributed by atoms with Crippen molar-refractivity contribution in [2.75, 3.05) is 0 Å². The average Bonchev–Trinajstić information content (AvgIpc) is 2.31. The normalized spacial score (nSPS) is 9.29. The minimum Gasteiger partial charge on any atom is -0.508 e. The van der Waals surface area contributed by atoms with Crippen LogP contribution in [-0.4, -0.2) is 16.2 Å². The maximum atomic E-state index is 10.2. The third kappa shape index (κ3) is 8.31. The van der Waals surface area contributed by atoms with E-state index in [1.165, 1.54) is 56.4 Å². The highest BCUT2D eigenvalue weighted by Crippen LogP contribution is 2.08. The summed E-state index contributed by atoms with van der Waals surface area (Å²) in [6, 6.07) is 5.36. The number of carboxylic acid groups (broad SMARTS) is 1. The standard InChI is InChI=1S/C7H6O3.C7H16/c8-6-3-1-5(2-4-6)7(9)10;1-3-5-7-6-4-2/h1-4,8H,(H,9,10);3-7H2,1-2H3. The molecule has 1 aromatic rings. The van der Waals surface area contributed by atoms with Gasteiger partial charge >= 0.3 is 5.97 Å². The second-order valence-corrected chi connectivity index (χ2v) is 3.91. The number of hydrogen-bond acceptors (Lipinski definition) is 2. The molecule has 17 heavy (non-hydrogen) atoms. The number of rotatable bonds is 5. The van der Waals surface area contributed by atoms with Gasteiger partial charge in [-0.15, -0.1) is 0 Å². The van der Waals surface area contributed by atoms with E-state index < -0.39 is 5.97 Å². The van der Waals surface area contributed by atoms with Crippen LogP contribution in [0.15, 0.2) is 24.3 Å². The summed E-state index contributed by atoms with van der Waals surface area (Å²) >= 11 is 0. The van der Waals surface area contributed by atoms with Crippen LogP contribution in [-0.2, 0) is 0 Å². The fraction of sp³-hybridized carbons (Fsp3) is 0.500. The van der Waals surface area contributed by atoms with Gasteiger partial charge in [-0.2, -0.15) is 0 Å². The molecule has 3 nitrogen and oxygen atoms in total. The maximum Gasteiger partial charge on any atom is 0.335 e. The molecule has 0 aliphatic heterocycles. The lowest BCUT2D eigenvalue weighted by Gasteiger charge is -1.92. The Kier molecular flexibility index (Phi) is 8.84. The molecule has 3 heteroatoms. The van der Waals surface area contributed by atoms with Gasteiger partial charge in [-0.3, -0.25) is 0 Å². The van der Waals surface area contributed by atoms with Crippen molar-refractivity contribution in [1.82, 2.24) is 0 Å². The van der Waals surface area contributed by atoms with Crippen LogP contribution in [0.1, 0.15) is 56.3 Å². The first-order valence-electron chi connectivity index (χ1n) is 6.14. The van der Waals surface area contributed by atoms with E-state index >= 15 is 0 Å². The Morgan fingerprint density at radius 3 is 1.82 bits per heavy atom. The van der Waals surface area contributed by atoms with Crippen molar-refractivity contribution in [2.24, 2.45) is 0 Å². The molecule has 1 rings (SSSR count). The molecule has 0 unspecified atom stereocenters. The smallest absolute Gasteiger partial charge is 0.335 e. The largest absolute Gasteiger partial charge is 0.508 e. The monoisotopic (exact) mass is 238 g/mol. The molecular weight excluding hydrogens is 216 g/mol. The molecule has 0 amide bonds. The molecule has 0 saturated heterocycles. The predicted octanol–water partition coefficient (Wildman–Crippen LogP) is 4.07. The average molecular weight is 238 g/mol. The third-order valence-electron chi connectivity index (χ3n) is 2.32. The van der Waals surface area contributed by atoms with Crippen molar-refractivity contribution in [2.45, 2.75) is 46.0 Å². The van der Waals surface area contributed by atoms with E-state index in [4.69, 9.17) is 10.2 Å². The van der Waals surface area contributed by atoms with Crippen molar-refractivity contribution >= 4 is 5.97 Å². The van der Waals surface area contributed by atoms with Gasteiger partial charge in [-0.05, 0) is 24.3 Å². The lowest BCUT2D eigenvalue weighted by Crippen LogP contribution is -1.93. The molecule has 0 atom stereocenters. The van der Waals surface area contributed by atoms with Gasteiger partial charge in [0, 0.05) is 0 Å². The molecule has 0 heterocycles. The molecule has 0 aliphatic carbocycles. The van der Waals surface area contributed by atoms with Crippen LogP contribution >= 0.6 is 0 Å². The summed E-state index contributed by atoms with van der Waals surface area (Å²) < 4.78 is 0. The number of hydrogen-bond donors (Lipinski definition) is 2. The second-order valence-electron chi connectivity index (χ2n) is 3.91. The lowest BCUT2D eigenvalue weighted by molar-refractivity contribution is 0.0697. The number of carbonyl (C=O) groups is 1. The Hall–Kier alpha value is -1.51. The zero-order valence-corrected chi connectivity index (χ0v) is 10.6. The van der Waals surface area contributed by atoms with E-state index in [1.807, 2.05) is 0 Å². The Bertz CT molecular complexity index is 300. The van der Waals surface area contributed by atoms with Crippen molar-refractivity contribution in [3.63, 3.8) is 0 Å². The minimum atomic E-state index is -0.986. The molecule has 2 N–H and O–H groups in total. The minimum absolute atomic E-state index is 0.0741. The quantitative estimate of drug-likeness (QED) is 0.760. The lowest BCUT2D eigenvalue weighted by atomic mass is 10.2. The van der Waals surface area contributed by atoms with Crippen molar-refractivity contribution in [1.29, 1.82) is 0 Å². The summed E-state index contributed by atoms with van der Waals surface area (Å²) in [5, 5.41) is 17.1. The van der Waals surface area contributed by atoms with Crippen LogP contribution in [0, 0.1) is 0 Å². The third-order valence-corrected chi connectivity index (χ3v) is 2.32. The van der Waals surface area contributed by atoms with Crippen LogP contribution in [0.4, 0.5) is 0 Å². The van der Waals surface area contributed by atoms with Crippen LogP contribution in [0.25, 0.3) is 0 Å². The number of phenolic OH excluding ortho intramolecular Hbond substituents is 1. The van der Waals surface area contributed by atoms with Gasteiger partial charge in [0.25, 0.3) is 0 Å². The molecule has 0 aliphatic rings. The molecule has 0 radical (unpaired) electrons. The van der Waals surface area contributed by atoms with Gasteiger partial charge < -0.3 is 10.2 Å². The second kappa shape index (κ2) is 9.70. The highest BCUT2D eigenvalue weighted by Gasteiger charge is 1.99. The number of carboxylic acids is 1. The Morgan fingerprint density at radius 1 is 1.00 bits per heavy atom. The molecule has 1 aromatic carbocycles. The number of aromatic hydroxyl groups is 1. The highest BCUT2D eigenvalue weighted by molar-refractivity contribution is 5.87. The summed E-state index contributed by atoms with van der Waals surface area (Å²) in [5.74, 6) is -0.912. The zero-order valence-electron chi connectivity index (χ0n) is 10.6. The molecule has 0 bridgehead atoms. The number of benzene rings is 1. The SMILES string of the molecule is CCCCCCC.O=C(O)c1ccc(O)cc1. The topological polar surface area (TPSA) is 57.5 Å². The van der Waals surface area contributed by atoms with E-state index in [1.54, 1.807) is 0 Å². The van der Waals surface area contributed by atoms with Gasteiger partial charge in [-0.25, -0.2) is 4.79 Å². The zero-order chi connectivity index (χ0) is 13.1. The summed E-state index contributed by atoms with van der Waals surface area (Å²) in [6.45, 7) is 4.49. The molecule has 0 fully saturated rings. The Morgan fingerprint density at radius 2 is 1.47 bits per heavy atom. The van der Waals surface area contributed by atoms with Crippen LogP contribution in [0.5, 0.6) is 5.75 Å². The van der Waals surface area contributed by atoms with Gasteiger partial charge in [0.05, 0.1) is 5.56 Å². The highest BCUT2D eigenvalue weighted by atomic mass is 16.4. The summed E-state index contributed by atoms with van der Waals surface area (Å²) in [7, 11) is 0. The molecule has 0 spiro atoms. The van der Waals surface area contributed by atoms with Gasteiger partial charge in [0.2, 0.25) is 0 Å². The first-order chi connectivity index (χ1) is 8.11. The maximum absolute atomic E-state index is 10.2. The van der Waals surface area contributed by atoms with Crippen molar-refractivity contribution < 1.29 is 15.0 Å². The molecule has 96 valence electrons. The van der Waals surface area contributed by atoms with Crippen molar-refractivity contribution in [3.8, 4) is 5.75 Å². The number of aromatic carboxylic acids is 1. The van der Waals surface area contributed by atoms with Crippen LogP contribution in [0.2, 0.25) is 0 Å². The van der Waals surface area contributed by atoms with Crippen LogP contribution in [0.3, 0.4) is 0 Å². The first kappa shape index (κ1) is 15.5. The fourth-order valence-corrected chi connectivity index (χ4v) is 1.28. The molecule has 0 aromatic heterocycles. The number of unbranched alkanes of at least 4 members (excludes halogenated alkanes) is 4. The van der Waals surface area contributed by atoms with E-state index in [2.05, 4.69) is 13.8 Å². The Labute approximate surface area is 103 Å². The van der Waals surface area contributed by atoms with Crippen LogP contribution < -0.4 is 0 Å². The van der Waals surface area contributed by atoms with Gasteiger partial charge in [0.15, 0.2) is 0 Å². The first-order valence-corrected chi connectivity index (χ1v) is 6.14. The van der Waals surface area contributed by atoms with Gasteiger partial charge in [0.1, 0.15) is 5.75 Å². The predicted molar refractivity (Wildman–Crippen MR) is 69.5 cm³/mol.